The number of hydrogen-bond donors (Lipinski definition) is 2. The molecule has 0 unspecified atom stereocenters. The maximum atomic E-state index is 12.2. The van der Waals surface area contributed by atoms with Gasteiger partial charge in [-0.2, -0.15) is 0 Å². The van der Waals surface area contributed by atoms with Crippen LogP contribution in [0.4, 0.5) is 0 Å². The first-order valence-electron chi connectivity index (χ1n) is 8.74. The molecule has 0 aliphatic heterocycles. The molecule has 148 valence electrons. The predicted octanol–water partition coefficient (Wildman–Crippen LogP) is 1.38. The Kier molecular flexibility index (Phi) is 7.97. The smallest absolute Gasteiger partial charge is 0.179 e. The van der Waals surface area contributed by atoms with Crippen LogP contribution in [-0.2, 0) is 32.0 Å². The largest absolute Gasteiger partial charge is 0.319 e. The Morgan fingerprint density at radius 1 is 0.778 bits per heavy atom. The zero-order valence-corrected chi connectivity index (χ0v) is 17.0. The SMILES string of the molecule is CNCCS(=O)(=O)Cc1ccc(CNCCS(=O)(=O)c2ccccc2)cc1. The van der Waals surface area contributed by atoms with Gasteiger partial charge >= 0.3 is 0 Å². The number of sulfone groups is 2. The third-order valence-corrected chi connectivity index (χ3v) is 7.38. The van der Waals surface area contributed by atoms with Crippen molar-refractivity contribution in [1.29, 1.82) is 0 Å². The molecule has 0 aliphatic rings. The minimum Gasteiger partial charge on any atom is -0.319 e. The van der Waals surface area contributed by atoms with Gasteiger partial charge in [0.2, 0.25) is 0 Å². The molecule has 0 amide bonds. The van der Waals surface area contributed by atoms with Gasteiger partial charge in [0.05, 0.1) is 22.2 Å². The fourth-order valence-corrected chi connectivity index (χ4v) is 5.10. The molecule has 0 saturated heterocycles. The summed E-state index contributed by atoms with van der Waals surface area (Å²) in [5.74, 6) is 0.166. The third kappa shape index (κ3) is 7.42. The Morgan fingerprint density at radius 2 is 1.41 bits per heavy atom. The highest BCUT2D eigenvalue weighted by Crippen LogP contribution is 2.10. The summed E-state index contributed by atoms with van der Waals surface area (Å²) < 4.78 is 48.3. The van der Waals surface area contributed by atoms with E-state index in [0.29, 0.717) is 24.5 Å². The highest BCUT2D eigenvalue weighted by Gasteiger charge is 2.13. The van der Waals surface area contributed by atoms with E-state index < -0.39 is 19.7 Å². The molecule has 2 aromatic rings. The topological polar surface area (TPSA) is 92.3 Å². The van der Waals surface area contributed by atoms with E-state index in [1.165, 1.54) is 0 Å². The lowest BCUT2D eigenvalue weighted by atomic mass is 10.1. The van der Waals surface area contributed by atoms with Gasteiger partial charge in [-0.05, 0) is 30.3 Å². The summed E-state index contributed by atoms with van der Waals surface area (Å²) in [5.41, 5.74) is 1.73. The van der Waals surface area contributed by atoms with Crippen molar-refractivity contribution in [3.8, 4) is 0 Å². The first-order chi connectivity index (χ1) is 12.8. The fraction of sp³-hybridized carbons (Fsp3) is 0.368. The molecule has 0 atom stereocenters. The van der Waals surface area contributed by atoms with Crippen LogP contribution < -0.4 is 10.6 Å². The van der Waals surface area contributed by atoms with Crippen molar-refractivity contribution >= 4 is 19.7 Å². The van der Waals surface area contributed by atoms with E-state index in [-0.39, 0.29) is 17.3 Å². The molecule has 8 heteroatoms. The second-order valence-electron chi connectivity index (χ2n) is 6.32. The van der Waals surface area contributed by atoms with Gasteiger partial charge in [-0.1, -0.05) is 42.5 Å². The molecule has 2 aromatic carbocycles. The quantitative estimate of drug-likeness (QED) is 0.544. The second-order valence-corrected chi connectivity index (χ2v) is 10.6. The molecule has 0 saturated carbocycles. The van der Waals surface area contributed by atoms with Gasteiger partial charge < -0.3 is 10.6 Å². The average Bonchev–Trinajstić information content (AvgIpc) is 2.65. The van der Waals surface area contributed by atoms with Crippen LogP contribution in [0.5, 0.6) is 0 Å². The summed E-state index contributed by atoms with van der Waals surface area (Å²) in [6.07, 6.45) is 0. The summed E-state index contributed by atoms with van der Waals surface area (Å²) in [5, 5.41) is 5.96. The molecule has 0 fully saturated rings. The van der Waals surface area contributed by atoms with Gasteiger partial charge in [0.25, 0.3) is 0 Å². The van der Waals surface area contributed by atoms with Crippen molar-refractivity contribution in [3.05, 3.63) is 65.7 Å². The summed E-state index contributed by atoms with van der Waals surface area (Å²) in [7, 11) is -4.68. The molecule has 0 aliphatic carbocycles. The molecular weight excluding hydrogens is 384 g/mol. The van der Waals surface area contributed by atoms with Crippen LogP contribution in [0.3, 0.4) is 0 Å². The van der Waals surface area contributed by atoms with Crippen molar-refractivity contribution in [3.63, 3.8) is 0 Å². The van der Waals surface area contributed by atoms with Gasteiger partial charge in [-0.15, -0.1) is 0 Å². The van der Waals surface area contributed by atoms with Crippen molar-refractivity contribution in [2.24, 2.45) is 0 Å². The van der Waals surface area contributed by atoms with Crippen LogP contribution in [0, 0.1) is 0 Å². The lowest BCUT2D eigenvalue weighted by molar-refractivity contribution is 0.590. The molecular formula is C19H26N2O4S2. The molecule has 0 bridgehead atoms. The van der Waals surface area contributed by atoms with Crippen LogP contribution in [0.1, 0.15) is 11.1 Å². The minimum atomic E-state index is -3.28. The highest BCUT2D eigenvalue weighted by molar-refractivity contribution is 7.91. The highest BCUT2D eigenvalue weighted by atomic mass is 32.2. The summed E-state index contributed by atoms with van der Waals surface area (Å²) in [6.45, 7) is 1.31. The maximum Gasteiger partial charge on any atom is 0.179 e. The molecule has 0 radical (unpaired) electrons. The Balaban J connectivity index is 1.80. The lowest BCUT2D eigenvalue weighted by Crippen LogP contribution is -2.22. The number of rotatable bonds is 11. The standard InChI is InChI=1S/C19H26N2O4S2/c1-20-11-13-26(22,23)16-18-9-7-17(8-10-18)15-21-12-14-27(24,25)19-5-3-2-4-6-19/h2-10,20-21H,11-16H2,1H3. The van der Waals surface area contributed by atoms with E-state index in [9.17, 15) is 16.8 Å². The van der Waals surface area contributed by atoms with E-state index in [1.54, 1.807) is 49.5 Å². The van der Waals surface area contributed by atoms with E-state index in [2.05, 4.69) is 10.6 Å². The van der Waals surface area contributed by atoms with Gasteiger partial charge in [0.15, 0.2) is 19.7 Å². The van der Waals surface area contributed by atoms with Crippen LogP contribution in [-0.4, -0.2) is 48.5 Å². The monoisotopic (exact) mass is 410 g/mol. The molecule has 6 nitrogen and oxygen atoms in total. The number of hydrogen-bond acceptors (Lipinski definition) is 6. The lowest BCUT2D eigenvalue weighted by Gasteiger charge is -2.08. The molecule has 2 N–H and O–H groups in total. The molecule has 27 heavy (non-hydrogen) atoms. The fourth-order valence-electron chi connectivity index (χ4n) is 2.52. The Labute approximate surface area is 161 Å². The van der Waals surface area contributed by atoms with Gasteiger partial charge in [0.1, 0.15) is 0 Å². The Bertz CT molecular complexity index is 910. The van der Waals surface area contributed by atoms with Crippen LogP contribution >= 0.6 is 0 Å². The zero-order valence-electron chi connectivity index (χ0n) is 15.4. The van der Waals surface area contributed by atoms with Crippen LogP contribution in [0.2, 0.25) is 0 Å². The summed E-state index contributed by atoms with van der Waals surface area (Å²) in [4.78, 5) is 0.329. The van der Waals surface area contributed by atoms with E-state index >= 15 is 0 Å². The summed E-state index contributed by atoms with van der Waals surface area (Å²) in [6, 6.07) is 15.7. The first kappa shape index (κ1) is 21.6. The minimum absolute atomic E-state index is 0.0255. The van der Waals surface area contributed by atoms with Crippen molar-refractivity contribution < 1.29 is 16.8 Å². The molecule has 0 spiro atoms. The second kappa shape index (κ2) is 9.98. The first-order valence-corrected chi connectivity index (χ1v) is 12.2. The maximum absolute atomic E-state index is 12.2. The van der Waals surface area contributed by atoms with E-state index in [1.807, 2.05) is 12.1 Å². The number of benzene rings is 2. The van der Waals surface area contributed by atoms with Gasteiger partial charge in [-0.3, -0.25) is 0 Å². The van der Waals surface area contributed by atoms with E-state index in [0.717, 1.165) is 11.1 Å². The molecule has 0 heterocycles. The van der Waals surface area contributed by atoms with Crippen molar-refractivity contribution in [2.75, 3.05) is 31.6 Å². The zero-order chi connectivity index (χ0) is 19.8. The van der Waals surface area contributed by atoms with Crippen LogP contribution in [0.25, 0.3) is 0 Å². The van der Waals surface area contributed by atoms with Gasteiger partial charge in [-0.25, -0.2) is 16.8 Å². The Hall–Kier alpha value is -1.74. The summed E-state index contributed by atoms with van der Waals surface area (Å²) >= 11 is 0. The third-order valence-electron chi connectivity index (χ3n) is 4.05. The molecule has 0 aromatic heterocycles. The van der Waals surface area contributed by atoms with Crippen LogP contribution in [0.15, 0.2) is 59.5 Å². The van der Waals surface area contributed by atoms with E-state index in [4.69, 9.17) is 0 Å². The number of nitrogens with one attached hydrogen (secondary N) is 2. The van der Waals surface area contributed by atoms with Crippen molar-refractivity contribution in [1.82, 2.24) is 10.6 Å². The predicted molar refractivity (Wildman–Crippen MR) is 108 cm³/mol. The average molecular weight is 411 g/mol. The van der Waals surface area contributed by atoms with Crippen molar-refractivity contribution in [2.45, 2.75) is 17.2 Å². The van der Waals surface area contributed by atoms with Gasteiger partial charge in [0, 0.05) is 19.6 Å². The normalized spacial score (nSPS) is 12.2. The molecule has 2 rings (SSSR count). The Morgan fingerprint density at radius 3 is 2.04 bits per heavy atom.